The van der Waals surface area contributed by atoms with Gasteiger partial charge in [-0.3, -0.25) is 4.79 Å². The molecule has 1 N–H and O–H groups in total. The zero-order valence-electron chi connectivity index (χ0n) is 13.7. The van der Waals surface area contributed by atoms with Crippen LogP contribution in [0.4, 0.5) is 0 Å². The molecule has 0 radical (unpaired) electrons. The number of rotatable bonds is 10. The van der Waals surface area contributed by atoms with E-state index in [0.29, 0.717) is 18.9 Å². The second-order valence-corrected chi connectivity index (χ2v) is 5.69. The number of nitrogens with one attached hydrogen (secondary N) is 1. The molecule has 0 saturated heterocycles. The van der Waals surface area contributed by atoms with Crippen LogP contribution in [0.25, 0.3) is 0 Å². The highest BCUT2D eigenvalue weighted by Crippen LogP contribution is 2.14. The number of esters is 1. The molecule has 0 spiro atoms. The van der Waals surface area contributed by atoms with Crippen molar-refractivity contribution >= 4 is 5.97 Å². The molecule has 0 aliphatic rings. The van der Waals surface area contributed by atoms with Gasteiger partial charge in [-0.25, -0.2) is 0 Å². The van der Waals surface area contributed by atoms with Gasteiger partial charge in [0.25, 0.3) is 0 Å². The van der Waals surface area contributed by atoms with E-state index in [0.717, 1.165) is 32.4 Å². The Kier molecular flexibility index (Phi) is 8.76. The molecular formula is C18H29NO2. The monoisotopic (exact) mass is 291 g/mol. The minimum atomic E-state index is -0.0734. The lowest BCUT2D eigenvalue weighted by Gasteiger charge is -2.08. The van der Waals surface area contributed by atoms with Gasteiger partial charge in [0.05, 0.1) is 6.61 Å². The van der Waals surface area contributed by atoms with E-state index in [9.17, 15) is 4.79 Å². The molecule has 0 aliphatic heterocycles. The van der Waals surface area contributed by atoms with Crippen LogP contribution in [-0.4, -0.2) is 19.1 Å². The van der Waals surface area contributed by atoms with E-state index in [1.165, 1.54) is 11.1 Å². The first kappa shape index (κ1) is 17.7. The zero-order chi connectivity index (χ0) is 15.5. The van der Waals surface area contributed by atoms with E-state index in [4.69, 9.17) is 4.74 Å². The van der Waals surface area contributed by atoms with Gasteiger partial charge in [0.1, 0.15) is 0 Å². The van der Waals surface area contributed by atoms with Crippen molar-refractivity contribution in [2.75, 3.05) is 13.2 Å². The van der Waals surface area contributed by atoms with Crippen molar-refractivity contribution in [1.82, 2.24) is 5.32 Å². The highest BCUT2D eigenvalue weighted by molar-refractivity contribution is 5.69. The molecule has 0 aromatic heterocycles. The van der Waals surface area contributed by atoms with Gasteiger partial charge in [0.15, 0.2) is 0 Å². The van der Waals surface area contributed by atoms with Crippen LogP contribution < -0.4 is 5.32 Å². The number of unbranched alkanes of at least 4 members (excludes halogenated alkanes) is 2. The largest absolute Gasteiger partial charge is 0.466 e. The second kappa shape index (κ2) is 10.4. The normalized spacial score (nSPS) is 10.9. The molecule has 1 aromatic rings. The number of carbonyl (C=O) groups excluding carboxylic acids is 1. The fourth-order valence-electron chi connectivity index (χ4n) is 2.18. The summed E-state index contributed by atoms with van der Waals surface area (Å²) in [6.45, 7) is 8.66. The fourth-order valence-corrected chi connectivity index (χ4v) is 2.18. The van der Waals surface area contributed by atoms with E-state index in [2.05, 4.69) is 43.4 Å². The molecular weight excluding hydrogens is 262 g/mol. The predicted molar refractivity (Wildman–Crippen MR) is 87.3 cm³/mol. The van der Waals surface area contributed by atoms with Gasteiger partial charge in [-0.05, 0) is 43.4 Å². The van der Waals surface area contributed by atoms with Gasteiger partial charge in [0.2, 0.25) is 0 Å². The van der Waals surface area contributed by atoms with Crippen molar-refractivity contribution in [1.29, 1.82) is 0 Å². The van der Waals surface area contributed by atoms with Gasteiger partial charge in [0, 0.05) is 13.0 Å². The third-order valence-electron chi connectivity index (χ3n) is 3.52. The average Bonchev–Trinajstić information content (AvgIpc) is 2.47. The molecule has 1 rings (SSSR count). The van der Waals surface area contributed by atoms with Gasteiger partial charge in [-0.15, -0.1) is 0 Å². The van der Waals surface area contributed by atoms with Crippen LogP contribution in [0.1, 0.15) is 63.5 Å². The Morgan fingerprint density at radius 3 is 2.48 bits per heavy atom. The molecule has 21 heavy (non-hydrogen) atoms. The quantitative estimate of drug-likeness (QED) is 0.522. The maximum Gasteiger partial charge on any atom is 0.305 e. The topological polar surface area (TPSA) is 38.3 Å². The van der Waals surface area contributed by atoms with Crippen molar-refractivity contribution < 1.29 is 9.53 Å². The number of carbonyl (C=O) groups is 1. The van der Waals surface area contributed by atoms with Gasteiger partial charge < -0.3 is 10.1 Å². The van der Waals surface area contributed by atoms with E-state index >= 15 is 0 Å². The lowest BCUT2D eigenvalue weighted by Crippen LogP contribution is -2.14. The maximum atomic E-state index is 11.2. The van der Waals surface area contributed by atoms with Crippen LogP contribution in [0.2, 0.25) is 0 Å². The summed E-state index contributed by atoms with van der Waals surface area (Å²) in [5.74, 6) is 0.516. The minimum Gasteiger partial charge on any atom is -0.466 e. The summed E-state index contributed by atoms with van der Waals surface area (Å²) in [7, 11) is 0. The van der Waals surface area contributed by atoms with Crippen molar-refractivity contribution in [2.24, 2.45) is 0 Å². The Morgan fingerprint density at radius 2 is 1.86 bits per heavy atom. The highest BCUT2D eigenvalue weighted by Gasteiger charge is 2.01. The molecule has 0 heterocycles. The summed E-state index contributed by atoms with van der Waals surface area (Å²) >= 11 is 0. The van der Waals surface area contributed by atoms with Crippen molar-refractivity contribution in [3.63, 3.8) is 0 Å². The third-order valence-corrected chi connectivity index (χ3v) is 3.52. The summed E-state index contributed by atoms with van der Waals surface area (Å²) in [6, 6.07) is 8.81. The van der Waals surface area contributed by atoms with Crippen LogP contribution in [0, 0.1) is 0 Å². The predicted octanol–water partition coefficient (Wildman–Crippen LogP) is 4.02. The summed E-state index contributed by atoms with van der Waals surface area (Å²) in [6.07, 6.45) is 3.63. The maximum absolute atomic E-state index is 11.2. The van der Waals surface area contributed by atoms with E-state index < -0.39 is 0 Å². The molecule has 118 valence electrons. The lowest BCUT2D eigenvalue weighted by atomic mass is 10.0. The van der Waals surface area contributed by atoms with Crippen molar-refractivity contribution in [3.05, 3.63) is 35.4 Å². The molecule has 3 nitrogen and oxygen atoms in total. The summed E-state index contributed by atoms with van der Waals surface area (Å²) in [5, 5.41) is 3.45. The lowest BCUT2D eigenvalue weighted by molar-refractivity contribution is -0.143. The molecule has 0 fully saturated rings. The van der Waals surface area contributed by atoms with E-state index in [1.807, 2.05) is 6.92 Å². The van der Waals surface area contributed by atoms with Crippen LogP contribution in [0.15, 0.2) is 24.3 Å². The molecule has 0 amide bonds. The zero-order valence-corrected chi connectivity index (χ0v) is 13.7. The molecule has 3 heteroatoms. The van der Waals surface area contributed by atoms with Crippen LogP contribution in [-0.2, 0) is 16.1 Å². The highest BCUT2D eigenvalue weighted by atomic mass is 16.5. The SMILES string of the molecule is CCOC(=O)CCCCCNCc1ccc(C(C)C)cc1. The van der Waals surface area contributed by atoms with E-state index in [1.54, 1.807) is 0 Å². The number of hydrogen-bond donors (Lipinski definition) is 1. The summed E-state index contributed by atoms with van der Waals surface area (Å²) < 4.78 is 4.90. The molecule has 0 atom stereocenters. The smallest absolute Gasteiger partial charge is 0.305 e. The Balaban J connectivity index is 2.05. The van der Waals surface area contributed by atoms with Gasteiger partial charge in [-0.1, -0.05) is 44.5 Å². The molecule has 1 aromatic carbocycles. The van der Waals surface area contributed by atoms with Gasteiger partial charge >= 0.3 is 5.97 Å². The first-order valence-corrected chi connectivity index (χ1v) is 8.08. The Hall–Kier alpha value is -1.35. The van der Waals surface area contributed by atoms with Crippen LogP contribution in [0.5, 0.6) is 0 Å². The summed E-state index contributed by atoms with van der Waals surface area (Å²) in [5.41, 5.74) is 2.71. The number of benzene rings is 1. The molecule has 0 bridgehead atoms. The minimum absolute atomic E-state index is 0.0734. The Morgan fingerprint density at radius 1 is 1.14 bits per heavy atom. The number of hydrogen-bond acceptors (Lipinski definition) is 3. The molecule has 0 unspecified atom stereocenters. The van der Waals surface area contributed by atoms with Gasteiger partial charge in [-0.2, -0.15) is 0 Å². The second-order valence-electron chi connectivity index (χ2n) is 5.69. The standard InChI is InChI=1S/C18H29NO2/c1-4-21-18(20)8-6-5-7-13-19-14-16-9-11-17(12-10-16)15(2)3/h9-12,15,19H,4-8,13-14H2,1-3H3. The van der Waals surface area contributed by atoms with Crippen LogP contribution in [0.3, 0.4) is 0 Å². The van der Waals surface area contributed by atoms with Crippen LogP contribution >= 0.6 is 0 Å². The number of ether oxygens (including phenoxy) is 1. The Labute approximate surface area is 129 Å². The van der Waals surface area contributed by atoms with Crippen molar-refractivity contribution in [3.8, 4) is 0 Å². The third kappa shape index (κ3) is 7.86. The Bertz CT molecular complexity index is 398. The first-order chi connectivity index (χ1) is 10.1. The fraction of sp³-hybridized carbons (Fsp3) is 0.611. The van der Waals surface area contributed by atoms with Crippen molar-refractivity contribution in [2.45, 2.75) is 58.9 Å². The first-order valence-electron chi connectivity index (χ1n) is 8.08. The molecule has 0 aliphatic carbocycles. The molecule has 0 saturated carbocycles. The summed E-state index contributed by atoms with van der Waals surface area (Å²) in [4.78, 5) is 11.2. The van der Waals surface area contributed by atoms with E-state index in [-0.39, 0.29) is 5.97 Å². The average molecular weight is 291 g/mol.